The van der Waals surface area contributed by atoms with Crippen molar-refractivity contribution in [2.24, 2.45) is 5.10 Å². The Morgan fingerprint density at radius 3 is 2.80 bits per heavy atom. The van der Waals surface area contributed by atoms with Gasteiger partial charge < -0.3 is 9.47 Å². The molecule has 1 aromatic rings. The van der Waals surface area contributed by atoms with Gasteiger partial charge in [0.1, 0.15) is 0 Å². The summed E-state index contributed by atoms with van der Waals surface area (Å²) >= 11 is 5.69. The van der Waals surface area contributed by atoms with Gasteiger partial charge in [0, 0.05) is 13.2 Å². The van der Waals surface area contributed by atoms with Crippen molar-refractivity contribution in [2.45, 2.75) is 13.5 Å². The van der Waals surface area contributed by atoms with Crippen LogP contribution in [0.4, 0.5) is 8.78 Å². The highest BCUT2D eigenvalue weighted by atomic mass is 35.5. The minimum atomic E-state index is -2.98. The third-order valence-corrected chi connectivity index (χ3v) is 2.31. The van der Waals surface area contributed by atoms with Crippen LogP contribution in [0.3, 0.4) is 0 Å². The second-order valence-corrected chi connectivity index (χ2v) is 4.15. The number of rotatable bonds is 6. The highest BCUT2D eigenvalue weighted by molar-refractivity contribution is 6.29. The Labute approximate surface area is 120 Å². The van der Waals surface area contributed by atoms with Gasteiger partial charge in [0.05, 0.1) is 23.9 Å². The largest absolute Gasteiger partial charge is 0.481 e. The molecule has 0 aliphatic rings. The summed E-state index contributed by atoms with van der Waals surface area (Å²) in [6.07, 6.45) is 2.97. The number of nitrogens with zero attached hydrogens (tertiary/aromatic N) is 3. The van der Waals surface area contributed by atoms with Crippen molar-refractivity contribution in [1.29, 1.82) is 0 Å². The summed E-state index contributed by atoms with van der Waals surface area (Å²) in [6, 6.07) is 3.41. The molecule has 1 heterocycles. The number of allylic oxidation sites excluding steroid dienone is 1. The van der Waals surface area contributed by atoms with E-state index in [2.05, 4.69) is 14.8 Å². The Morgan fingerprint density at radius 2 is 2.25 bits per heavy atom. The molecular weight excluding hydrogens is 292 g/mol. The van der Waals surface area contributed by atoms with Crippen LogP contribution in [0.5, 0.6) is 5.88 Å². The van der Waals surface area contributed by atoms with Crippen LogP contribution >= 0.6 is 11.6 Å². The van der Waals surface area contributed by atoms with E-state index in [1.54, 1.807) is 18.3 Å². The second-order valence-electron chi connectivity index (χ2n) is 3.59. The Hall–Kier alpha value is -1.89. The van der Waals surface area contributed by atoms with Gasteiger partial charge in [0.25, 0.3) is 0 Å². The van der Waals surface area contributed by atoms with E-state index in [1.165, 1.54) is 27.3 Å². The van der Waals surface area contributed by atoms with Gasteiger partial charge in [0.2, 0.25) is 11.8 Å². The molecular formula is C12H14ClF2N3O2. The van der Waals surface area contributed by atoms with Gasteiger partial charge in [-0.05, 0) is 19.1 Å². The SMILES string of the molecule is COc1ncccc1/C=N/N(C)/C(OC(F)F)=C(\C)Cl. The standard InChI is InChI=1S/C12H14ClF2N3O2/c1-8(13)11(20-12(14)15)18(2)17-7-9-5-4-6-16-10(9)19-3/h4-7,12H,1-3H3/b11-8-,17-7+. The summed E-state index contributed by atoms with van der Waals surface area (Å²) < 4.78 is 33.9. The zero-order valence-electron chi connectivity index (χ0n) is 11.2. The van der Waals surface area contributed by atoms with Crippen LogP contribution in [0.15, 0.2) is 34.3 Å². The van der Waals surface area contributed by atoms with Crippen LogP contribution < -0.4 is 4.74 Å². The molecule has 0 aromatic carbocycles. The number of pyridine rings is 1. The summed E-state index contributed by atoms with van der Waals surface area (Å²) in [7, 11) is 2.90. The van der Waals surface area contributed by atoms with Gasteiger partial charge >= 0.3 is 6.61 Å². The number of hydrazone groups is 1. The molecule has 1 rings (SSSR count). The first-order chi connectivity index (χ1) is 9.45. The minimum Gasteiger partial charge on any atom is -0.481 e. The van der Waals surface area contributed by atoms with Crippen LogP contribution in [-0.4, -0.2) is 37.0 Å². The molecule has 0 amide bonds. The molecule has 0 fully saturated rings. The molecule has 1 aromatic heterocycles. The number of alkyl halides is 2. The Bertz CT molecular complexity index is 505. The molecule has 0 aliphatic heterocycles. The number of halogens is 3. The highest BCUT2D eigenvalue weighted by Gasteiger charge is 2.14. The lowest BCUT2D eigenvalue weighted by atomic mass is 10.3. The predicted octanol–water partition coefficient (Wildman–Crippen LogP) is 3.02. The molecule has 110 valence electrons. The van der Waals surface area contributed by atoms with Gasteiger partial charge in [-0.3, -0.25) is 0 Å². The molecule has 0 saturated heterocycles. The van der Waals surface area contributed by atoms with Crippen molar-refractivity contribution in [1.82, 2.24) is 9.99 Å². The molecule has 8 heteroatoms. The van der Waals surface area contributed by atoms with Crippen molar-refractivity contribution in [3.63, 3.8) is 0 Å². The first kappa shape index (κ1) is 16.2. The molecule has 0 aliphatic carbocycles. The molecule has 0 radical (unpaired) electrons. The first-order valence-electron chi connectivity index (χ1n) is 5.53. The van der Waals surface area contributed by atoms with Crippen molar-refractivity contribution in [3.8, 4) is 5.88 Å². The van der Waals surface area contributed by atoms with Crippen molar-refractivity contribution >= 4 is 17.8 Å². The minimum absolute atomic E-state index is 0.0584. The molecule has 5 nitrogen and oxygen atoms in total. The third-order valence-electron chi connectivity index (χ3n) is 2.15. The summed E-state index contributed by atoms with van der Waals surface area (Å²) in [4.78, 5) is 3.98. The first-order valence-corrected chi connectivity index (χ1v) is 5.91. The van der Waals surface area contributed by atoms with Crippen LogP contribution in [0.2, 0.25) is 0 Å². The fraction of sp³-hybridized carbons (Fsp3) is 0.333. The van der Waals surface area contributed by atoms with Crippen LogP contribution in [0.25, 0.3) is 0 Å². The maximum Gasteiger partial charge on any atom is 0.388 e. The van der Waals surface area contributed by atoms with Crippen LogP contribution in [-0.2, 0) is 4.74 Å². The maximum absolute atomic E-state index is 12.3. The van der Waals surface area contributed by atoms with Gasteiger partial charge in [-0.15, -0.1) is 0 Å². The monoisotopic (exact) mass is 305 g/mol. The van der Waals surface area contributed by atoms with Gasteiger partial charge in [-0.2, -0.15) is 13.9 Å². The molecule has 0 N–H and O–H groups in total. The van der Waals surface area contributed by atoms with E-state index >= 15 is 0 Å². The van der Waals surface area contributed by atoms with Gasteiger partial charge in [-0.25, -0.2) is 9.99 Å². The lowest BCUT2D eigenvalue weighted by molar-refractivity contribution is -0.116. The normalized spacial score (nSPS) is 12.6. The average Bonchev–Trinajstić information content (AvgIpc) is 2.42. The number of hydrogen-bond donors (Lipinski definition) is 0. The zero-order chi connectivity index (χ0) is 15.1. The third kappa shape index (κ3) is 4.65. The van der Waals surface area contributed by atoms with Gasteiger partial charge in [0.15, 0.2) is 0 Å². The van der Waals surface area contributed by atoms with Crippen molar-refractivity contribution in [3.05, 3.63) is 34.8 Å². The van der Waals surface area contributed by atoms with Crippen molar-refractivity contribution < 1.29 is 18.3 Å². The molecule has 0 spiro atoms. The number of hydrogen-bond acceptors (Lipinski definition) is 5. The van der Waals surface area contributed by atoms with E-state index in [1.807, 2.05) is 0 Å². The predicted molar refractivity (Wildman–Crippen MR) is 71.8 cm³/mol. The zero-order valence-corrected chi connectivity index (χ0v) is 11.9. The van der Waals surface area contributed by atoms with E-state index in [-0.39, 0.29) is 10.9 Å². The van der Waals surface area contributed by atoms with Crippen molar-refractivity contribution in [2.75, 3.05) is 14.2 Å². The summed E-state index contributed by atoms with van der Waals surface area (Å²) in [5.74, 6) is 0.133. The highest BCUT2D eigenvalue weighted by Crippen LogP contribution is 2.18. The summed E-state index contributed by atoms with van der Waals surface area (Å²) in [5, 5.41) is 5.12. The topological polar surface area (TPSA) is 47.0 Å². The van der Waals surface area contributed by atoms with E-state index in [4.69, 9.17) is 16.3 Å². The van der Waals surface area contributed by atoms with Gasteiger partial charge in [-0.1, -0.05) is 11.6 Å². The second kappa shape index (κ2) is 7.64. The molecule has 20 heavy (non-hydrogen) atoms. The number of methoxy groups -OCH3 is 1. The lowest BCUT2D eigenvalue weighted by Crippen LogP contribution is -2.17. The summed E-state index contributed by atoms with van der Waals surface area (Å²) in [6.45, 7) is -1.56. The molecule has 0 saturated carbocycles. The maximum atomic E-state index is 12.3. The Morgan fingerprint density at radius 1 is 1.55 bits per heavy atom. The average molecular weight is 306 g/mol. The molecule has 0 atom stereocenters. The van der Waals surface area contributed by atoms with E-state index in [9.17, 15) is 8.78 Å². The lowest BCUT2D eigenvalue weighted by Gasteiger charge is -2.18. The molecule has 0 unspecified atom stereocenters. The van der Waals surface area contributed by atoms with E-state index in [0.717, 1.165) is 5.01 Å². The van der Waals surface area contributed by atoms with Crippen LogP contribution in [0.1, 0.15) is 12.5 Å². The fourth-order valence-electron chi connectivity index (χ4n) is 1.34. The quantitative estimate of drug-likeness (QED) is 0.460. The Kier molecular flexibility index (Phi) is 6.17. The fourth-order valence-corrected chi connectivity index (χ4v) is 1.50. The van der Waals surface area contributed by atoms with Crippen LogP contribution in [0, 0.1) is 0 Å². The molecule has 0 bridgehead atoms. The van der Waals surface area contributed by atoms with E-state index in [0.29, 0.717) is 11.4 Å². The number of aromatic nitrogens is 1. The Balaban J connectivity index is 2.90. The van der Waals surface area contributed by atoms with E-state index < -0.39 is 6.61 Å². The number of ether oxygens (including phenoxy) is 2. The summed E-state index contributed by atoms with van der Waals surface area (Å²) in [5.41, 5.74) is 0.588. The smallest absolute Gasteiger partial charge is 0.388 e.